The Hall–Kier alpha value is -1.91. The largest absolute Gasteiger partial charge is 0.481 e. The molecule has 0 saturated heterocycles. The van der Waals surface area contributed by atoms with Crippen LogP contribution in [0.1, 0.15) is 32.3 Å². The molecular formula is C14H20N2O3. The summed E-state index contributed by atoms with van der Waals surface area (Å²) in [6.07, 6.45) is 2.73. The first kappa shape index (κ1) is 15.1. The lowest BCUT2D eigenvalue weighted by Gasteiger charge is -2.24. The van der Waals surface area contributed by atoms with Crippen LogP contribution in [0.3, 0.4) is 0 Å². The lowest BCUT2D eigenvalue weighted by molar-refractivity contribution is -0.140. The predicted molar refractivity (Wildman–Crippen MR) is 73.0 cm³/mol. The molecule has 0 saturated carbocycles. The average molecular weight is 264 g/mol. The second-order valence-electron chi connectivity index (χ2n) is 4.64. The van der Waals surface area contributed by atoms with Crippen LogP contribution >= 0.6 is 0 Å². The van der Waals surface area contributed by atoms with Gasteiger partial charge in [0, 0.05) is 19.2 Å². The Bertz CT molecular complexity index is 460. The highest BCUT2D eigenvalue weighted by molar-refractivity contribution is 5.93. The van der Waals surface area contributed by atoms with Gasteiger partial charge in [-0.05, 0) is 25.0 Å². The SMILES string of the molecule is CCCC(=O)N(CC(C)C(=O)O)c1ncccc1C. The number of aryl methyl sites for hydroxylation is 1. The van der Waals surface area contributed by atoms with Gasteiger partial charge in [0.15, 0.2) is 0 Å². The highest BCUT2D eigenvalue weighted by Crippen LogP contribution is 2.19. The molecule has 1 amide bonds. The minimum atomic E-state index is -0.914. The van der Waals surface area contributed by atoms with Crippen molar-refractivity contribution in [2.45, 2.75) is 33.6 Å². The van der Waals surface area contributed by atoms with Crippen molar-refractivity contribution in [1.82, 2.24) is 4.98 Å². The number of carboxylic acid groups (broad SMARTS) is 1. The van der Waals surface area contributed by atoms with Crippen LogP contribution in [0.5, 0.6) is 0 Å². The van der Waals surface area contributed by atoms with Crippen molar-refractivity contribution < 1.29 is 14.7 Å². The van der Waals surface area contributed by atoms with Crippen molar-refractivity contribution in [3.05, 3.63) is 23.9 Å². The van der Waals surface area contributed by atoms with Crippen LogP contribution in [-0.4, -0.2) is 28.5 Å². The summed E-state index contributed by atoms with van der Waals surface area (Å²) in [5.74, 6) is -1.07. The summed E-state index contributed by atoms with van der Waals surface area (Å²) in [5, 5.41) is 9.00. The Morgan fingerprint density at radius 1 is 1.47 bits per heavy atom. The highest BCUT2D eigenvalue weighted by atomic mass is 16.4. The van der Waals surface area contributed by atoms with Gasteiger partial charge in [-0.1, -0.05) is 19.9 Å². The van der Waals surface area contributed by atoms with Gasteiger partial charge >= 0.3 is 5.97 Å². The number of carboxylic acids is 1. The molecule has 104 valence electrons. The van der Waals surface area contributed by atoms with Crippen LogP contribution in [0.2, 0.25) is 0 Å². The molecule has 0 aliphatic carbocycles. The lowest BCUT2D eigenvalue weighted by atomic mass is 10.1. The molecule has 1 aromatic heterocycles. The molecule has 0 aromatic carbocycles. The van der Waals surface area contributed by atoms with Crippen molar-refractivity contribution in [3.8, 4) is 0 Å². The van der Waals surface area contributed by atoms with Gasteiger partial charge in [-0.2, -0.15) is 0 Å². The molecule has 5 heteroatoms. The molecule has 1 rings (SSSR count). The molecule has 1 heterocycles. The number of nitrogens with zero attached hydrogens (tertiary/aromatic N) is 2. The molecule has 1 aromatic rings. The van der Waals surface area contributed by atoms with Crippen LogP contribution < -0.4 is 4.90 Å². The normalized spacial score (nSPS) is 11.9. The third kappa shape index (κ3) is 4.05. The zero-order valence-electron chi connectivity index (χ0n) is 11.6. The van der Waals surface area contributed by atoms with Crippen LogP contribution in [0.4, 0.5) is 5.82 Å². The Kier molecular flexibility index (Phi) is 5.48. The zero-order valence-corrected chi connectivity index (χ0v) is 11.6. The van der Waals surface area contributed by atoms with Crippen LogP contribution in [-0.2, 0) is 9.59 Å². The Morgan fingerprint density at radius 2 is 2.16 bits per heavy atom. The van der Waals surface area contributed by atoms with Gasteiger partial charge in [0.05, 0.1) is 5.92 Å². The zero-order chi connectivity index (χ0) is 14.4. The van der Waals surface area contributed by atoms with E-state index in [1.807, 2.05) is 19.9 Å². The van der Waals surface area contributed by atoms with Crippen molar-refractivity contribution in [2.24, 2.45) is 5.92 Å². The van der Waals surface area contributed by atoms with Crippen LogP contribution in [0.15, 0.2) is 18.3 Å². The fourth-order valence-corrected chi connectivity index (χ4v) is 1.77. The first-order valence-corrected chi connectivity index (χ1v) is 6.42. The molecule has 5 nitrogen and oxygen atoms in total. The number of aliphatic carboxylic acids is 1. The second-order valence-corrected chi connectivity index (χ2v) is 4.64. The maximum Gasteiger partial charge on any atom is 0.308 e. The number of aromatic nitrogens is 1. The van der Waals surface area contributed by atoms with Gasteiger partial charge in [-0.15, -0.1) is 0 Å². The number of pyridine rings is 1. The number of amides is 1. The van der Waals surface area contributed by atoms with Crippen molar-refractivity contribution >= 4 is 17.7 Å². The monoisotopic (exact) mass is 264 g/mol. The Balaban J connectivity index is 3.02. The van der Waals surface area contributed by atoms with Crippen molar-refractivity contribution in [3.63, 3.8) is 0 Å². The smallest absolute Gasteiger partial charge is 0.308 e. The molecule has 0 bridgehead atoms. The molecule has 0 fully saturated rings. The average Bonchev–Trinajstić information content (AvgIpc) is 2.36. The van der Waals surface area contributed by atoms with Gasteiger partial charge in [0.1, 0.15) is 5.82 Å². The molecule has 1 N–H and O–H groups in total. The van der Waals surface area contributed by atoms with Crippen LogP contribution in [0.25, 0.3) is 0 Å². The molecule has 0 aliphatic rings. The maximum absolute atomic E-state index is 12.1. The summed E-state index contributed by atoms with van der Waals surface area (Å²) in [6, 6.07) is 3.65. The van der Waals surface area contributed by atoms with E-state index in [0.717, 1.165) is 12.0 Å². The van der Waals surface area contributed by atoms with E-state index in [1.165, 1.54) is 4.90 Å². The molecule has 19 heavy (non-hydrogen) atoms. The van der Waals surface area contributed by atoms with Gasteiger partial charge in [0.2, 0.25) is 5.91 Å². The minimum absolute atomic E-state index is 0.0857. The van der Waals surface area contributed by atoms with Gasteiger partial charge in [-0.25, -0.2) is 4.98 Å². The summed E-state index contributed by atoms with van der Waals surface area (Å²) in [4.78, 5) is 28.8. The second kappa shape index (κ2) is 6.87. The van der Waals surface area contributed by atoms with E-state index in [0.29, 0.717) is 12.2 Å². The number of hydrogen-bond acceptors (Lipinski definition) is 3. The minimum Gasteiger partial charge on any atom is -0.481 e. The van der Waals surface area contributed by atoms with E-state index < -0.39 is 11.9 Å². The number of anilines is 1. The van der Waals surface area contributed by atoms with Crippen molar-refractivity contribution in [2.75, 3.05) is 11.4 Å². The quantitative estimate of drug-likeness (QED) is 0.855. The summed E-state index contributed by atoms with van der Waals surface area (Å²) >= 11 is 0. The first-order chi connectivity index (χ1) is 8.97. The Labute approximate surface area is 113 Å². The Morgan fingerprint density at radius 3 is 2.68 bits per heavy atom. The molecule has 0 spiro atoms. The number of hydrogen-bond donors (Lipinski definition) is 1. The lowest BCUT2D eigenvalue weighted by Crippen LogP contribution is -2.37. The van der Waals surface area contributed by atoms with Gasteiger partial charge in [-0.3, -0.25) is 14.5 Å². The standard InChI is InChI=1S/C14H20N2O3/c1-4-6-12(17)16(9-11(3)14(18)19)13-10(2)7-5-8-15-13/h5,7-8,11H,4,6,9H2,1-3H3,(H,18,19). The van der Waals surface area contributed by atoms with Crippen molar-refractivity contribution in [1.29, 1.82) is 0 Å². The van der Waals surface area contributed by atoms with E-state index in [9.17, 15) is 9.59 Å². The van der Waals surface area contributed by atoms with E-state index in [4.69, 9.17) is 5.11 Å². The van der Waals surface area contributed by atoms with E-state index in [-0.39, 0.29) is 12.5 Å². The molecule has 1 unspecified atom stereocenters. The van der Waals surface area contributed by atoms with E-state index in [2.05, 4.69) is 4.98 Å². The summed E-state index contributed by atoms with van der Waals surface area (Å²) in [6.45, 7) is 5.51. The molecule has 0 radical (unpaired) electrons. The molecule has 1 atom stereocenters. The fraction of sp³-hybridized carbons (Fsp3) is 0.500. The van der Waals surface area contributed by atoms with Gasteiger partial charge < -0.3 is 5.11 Å². The summed E-state index contributed by atoms with van der Waals surface area (Å²) < 4.78 is 0. The molecule has 0 aliphatic heterocycles. The fourth-order valence-electron chi connectivity index (χ4n) is 1.77. The third-order valence-electron chi connectivity index (χ3n) is 2.88. The number of rotatable bonds is 6. The highest BCUT2D eigenvalue weighted by Gasteiger charge is 2.23. The third-order valence-corrected chi connectivity index (χ3v) is 2.88. The predicted octanol–water partition coefficient (Wildman–Crippen LogP) is 2.24. The van der Waals surface area contributed by atoms with Gasteiger partial charge in [0.25, 0.3) is 0 Å². The summed E-state index contributed by atoms with van der Waals surface area (Å²) in [5.41, 5.74) is 0.865. The summed E-state index contributed by atoms with van der Waals surface area (Å²) in [7, 11) is 0. The maximum atomic E-state index is 12.1. The van der Waals surface area contributed by atoms with E-state index >= 15 is 0 Å². The number of carbonyl (C=O) groups excluding carboxylic acids is 1. The van der Waals surface area contributed by atoms with Crippen LogP contribution in [0, 0.1) is 12.8 Å². The van der Waals surface area contributed by atoms with E-state index in [1.54, 1.807) is 19.2 Å². The number of carbonyl (C=O) groups is 2. The molecular weight excluding hydrogens is 244 g/mol. The first-order valence-electron chi connectivity index (χ1n) is 6.42. The topological polar surface area (TPSA) is 70.5 Å².